The van der Waals surface area contributed by atoms with E-state index in [2.05, 4.69) is 25.5 Å². The lowest BCUT2D eigenvalue weighted by Crippen LogP contribution is -2.49. The van der Waals surface area contributed by atoms with Crippen LogP contribution in [-0.2, 0) is 17.6 Å². The van der Waals surface area contributed by atoms with Gasteiger partial charge < -0.3 is 25.2 Å². The Labute approximate surface area is 226 Å². The molecule has 3 aliphatic heterocycles. The van der Waals surface area contributed by atoms with Crippen LogP contribution in [-0.4, -0.2) is 65.4 Å². The quantitative estimate of drug-likeness (QED) is 0.488. The van der Waals surface area contributed by atoms with Gasteiger partial charge in [-0.3, -0.25) is 9.59 Å². The summed E-state index contributed by atoms with van der Waals surface area (Å²) in [6, 6.07) is 11.1. The Morgan fingerprint density at radius 3 is 2.62 bits per heavy atom. The van der Waals surface area contributed by atoms with Gasteiger partial charge in [-0.1, -0.05) is 0 Å². The number of aromatic nitrogens is 2. The minimum absolute atomic E-state index is 0.0622. The van der Waals surface area contributed by atoms with Gasteiger partial charge in [0.25, 0.3) is 0 Å². The summed E-state index contributed by atoms with van der Waals surface area (Å²) < 4.78 is 5.34. The standard InChI is InChI=1S/C29H30N6O4/c1-17-11-20(12-19-14-26(36)33-27(17)19)28(37)24-15-25(31-16-30-24)34-8-6-21(7-9-34)35-10-5-18-13-22(39-2)3-4-23(18)32-29(35)38/h3-4,11-13,15-16,21H,5-10,14H2,1-2H3,(H,32,38)(H,33,36). The summed E-state index contributed by atoms with van der Waals surface area (Å²) in [6.07, 6.45) is 4.05. The molecule has 0 saturated carbocycles. The molecule has 4 heterocycles. The molecule has 200 valence electrons. The summed E-state index contributed by atoms with van der Waals surface area (Å²) in [6.45, 7) is 3.96. The van der Waals surface area contributed by atoms with Gasteiger partial charge in [0.05, 0.1) is 13.5 Å². The molecule has 0 atom stereocenters. The number of nitrogens with zero attached hydrogens (tertiary/aromatic N) is 4. The van der Waals surface area contributed by atoms with Gasteiger partial charge in [-0.15, -0.1) is 0 Å². The third-order valence-electron chi connectivity index (χ3n) is 7.85. The van der Waals surface area contributed by atoms with Crippen LogP contribution in [0.25, 0.3) is 0 Å². The van der Waals surface area contributed by atoms with Gasteiger partial charge in [-0.2, -0.15) is 0 Å². The highest BCUT2D eigenvalue weighted by Gasteiger charge is 2.31. The Bertz CT molecular complexity index is 1480. The highest BCUT2D eigenvalue weighted by atomic mass is 16.5. The van der Waals surface area contributed by atoms with Gasteiger partial charge >= 0.3 is 6.03 Å². The fourth-order valence-electron chi connectivity index (χ4n) is 5.77. The van der Waals surface area contributed by atoms with Crippen LogP contribution >= 0.6 is 0 Å². The SMILES string of the molecule is COc1ccc2c(c1)CCN(C1CCN(c3cc(C(=O)c4cc(C)c5c(c4)CC(=O)N5)ncn3)CC1)C(=O)N2. The Morgan fingerprint density at radius 2 is 1.82 bits per heavy atom. The van der Waals surface area contributed by atoms with Crippen molar-refractivity contribution in [2.24, 2.45) is 0 Å². The first-order valence-electron chi connectivity index (χ1n) is 13.2. The van der Waals surface area contributed by atoms with Gasteiger partial charge in [-0.25, -0.2) is 14.8 Å². The number of benzene rings is 2. The molecule has 1 aromatic heterocycles. The number of fused-ring (bicyclic) bond motifs is 2. The maximum Gasteiger partial charge on any atom is 0.322 e. The lowest BCUT2D eigenvalue weighted by molar-refractivity contribution is -0.115. The summed E-state index contributed by atoms with van der Waals surface area (Å²) in [4.78, 5) is 50.9. The summed E-state index contributed by atoms with van der Waals surface area (Å²) >= 11 is 0. The van der Waals surface area contributed by atoms with Crippen LogP contribution in [0.3, 0.4) is 0 Å². The van der Waals surface area contributed by atoms with Crippen molar-refractivity contribution in [3.8, 4) is 5.75 Å². The van der Waals surface area contributed by atoms with Gasteiger partial charge in [0.1, 0.15) is 23.6 Å². The maximum atomic E-state index is 13.3. The number of amides is 3. The van der Waals surface area contributed by atoms with Crippen molar-refractivity contribution in [3.05, 3.63) is 70.7 Å². The third kappa shape index (κ3) is 4.78. The number of carbonyl (C=O) groups is 3. The van der Waals surface area contributed by atoms with Crippen molar-refractivity contribution in [1.29, 1.82) is 0 Å². The Kier molecular flexibility index (Phi) is 6.38. The molecular formula is C29H30N6O4. The van der Waals surface area contributed by atoms with Crippen LogP contribution in [0.15, 0.2) is 42.7 Å². The van der Waals surface area contributed by atoms with Gasteiger partial charge in [-0.05, 0) is 73.2 Å². The minimum Gasteiger partial charge on any atom is -0.497 e. The number of piperidine rings is 1. The summed E-state index contributed by atoms with van der Waals surface area (Å²) in [5.74, 6) is 1.22. The zero-order valence-electron chi connectivity index (χ0n) is 22.0. The predicted molar refractivity (Wildman–Crippen MR) is 147 cm³/mol. The second kappa shape index (κ2) is 10.0. The lowest BCUT2D eigenvalue weighted by atomic mass is 9.99. The molecule has 1 saturated heterocycles. The number of nitrogens with one attached hydrogen (secondary N) is 2. The van der Waals surface area contributed by atoms with E-state index in [4.69, 9.17) is 4.74 Å². The van der Waals surface area contributed by atoms with E-state index in [1.54, 1.807) is 25.3 Å². The average Bonchev–Trinajstić information content (AvgIpc) is 3.26. The number of ketones is 1. The van der Waals surface area contributed by atoms with E-state index < -0.39 is 0 Å². The van der Waals surface area contributed by atoms with Crippen molar-refractivity contribution in [3.63, 3.8) is 0 Å². The number of urea groups is 1. The Hall–Kier alpha value is -4.47. The average molecular weight is 527 g/mol. The van der Waals surface area contributed by atoms with Crippen molar-refractivity contribution >= 4 is 34.9 Å². The van der Waals surface area contributed by atoms with Crippen LogP contribution in [0.5, 0.6) is 5.75 Å². The molecule has 0 aliphatic carbocycles. The molecule has 10 nitrogen and oxygen atoms in total. The molecule has 0 unspecified atom stereocenters. The lowest BCUT2D eigenvalue weighted by Gasteiger charge is -2.38. The van der Waals surface area contributed by atoms with Crippen molar-refractivity contribution in [1.82, 2.24) is 14.9 Å². The third-order valence-corrected chi connectivity index (χ3v) is 7.85. The molecule has 3 amide bonds. The van der Waals surface area contributed by atoms with Crippen LogP contribution in [0, 0.1) is 6.92 Å². The highest BCUT2D eigenvalue weighted by Crippen LogP contribution is 2.31. The largest absolute Gasteiger partial charge is 0.497 e. The first-order chi connectivity index (χ1) is 18.9. The molecule has 0 spiro atoms. The highest BCUT2D eigenvalue weighted by molar-refractivity contribution is 6.10. The normalized spacial score (nSPS) is 17.2. The summed E-state index contributed by atoms with van der Waals surface area (Å²) in [5.41, 5.74) is 5.22. The second-order valence-corrected chi connectivity index (χ2v) is 10.3. The fraction of sp³-hybridized carbons (Fsp3) is 0.345. The van der Waals surface area contributed by atoms with E-state index in [1.165, 1.54) is 6.33 Å². The number of rotatable bonds is 5. The number of anilines is 3. The molecule has 6 rings (SSSR count). The Morgan fingerprint density at radius 1 is 1.00 bits per heavy atom. The molecule has 2 N–H and O–H groups in total. The van der Waals surface area contributed by atoms with Gasteiger partial charge in [0, 0.05) is 48.7 Å². The molecular weight excluding hydrogens is 496 g/mol. The van der Waals surface area contributed by atoms with E-state index in [0.29, 0.717) is 36.7 Å². The Balaban J connectivity index is 1.12. The van der Waals surface area contributed by atoms with E-state index in [1.807, 2.05) is 30.0 Å². The van der Waals surface area contributed by atoms with Gasteiger partial charge in [0.2, 0.25) is 11.7 Å². The molecule has 0 bridgehead atoms. The molecule has 3 aromatic rings. The number of hydrogen-bond donors (Lipinski definition) is 2. The smallest absolute Gasteiger partial charge is 0.322 e. The van der Waals surface area contributed by atoms with Crippen LogP contribution < -0.4 is 20.3 Å². The summed E-state index contributed by atoms with van der Waals surface area (Å²) in [5, 5.41) is 5.91. The number of ether oxygens (including phenoxy) is 1. The monoisotopic (exact) mass is 526 g/mol. The number of carbonyl (C=O) groups excluding carboxylic acids is 3. The zero-order chi connectivity index (χ0) is 27.1. The van der Waals surface area contributed by atoms with Crippen LogP contribution in [0.2, 0.25) is 0 Å². The summed E-state index contributed by atoms with van der Waals surface area (Å²) in [7, 11) is 1.64. The zero-order valence-corrected chi connectivity index (χ0v) is 22.0. The molecule has 39 heavy (non-hydrogen) atoms. The van der Waals surface area contributed by atoms with Gasteiger partial charge in [0.15, 0.2) is 0 Å². The first-order valence-corrected chi connectivity index (χ1v) is 13.2. The molecule has 3 aliphatic rings. The maximum absolute atomic E-state index is 13.3. The van der Waals surface area contributed by atoms with Crippen molar-refractivity contribution in [2.45, 2.75) is 38.6 Å². The van der Waals surface area contributed by atoms with E-state index in [-0.39, 0.29) is 30.2 Å². The first kappa shape index (κ1) is 24.8. The second-order valence-electron chi connectivity index (χ2n) is 10.3. The molecule has 10 heteroatoms. The number of methoxy groups -OCH3 is 1. The minimum atomic E-state index is -0.198. The van der Waals surface area contributed by atoms with Crippen LogP contribution in [0.4, 0.5) is 22.0 Å². The van der Waals surface area contributed by atoms with E-state index >= 15 is 0 Å². The topological polar surface area (TPSA) is 117 Å². The van der Waals surface area contributed by atoms with Crippen molar-refractivity contribution < 1.29 is 19.1 Å². The molecule has 2 aromatic carbocycles. The van der Waals surface area contributed by atoms with E-state index in [9.17, 15) is 14.4 Å². The van der Waals surface area contributed by atoms with E-state index in [0.717, 1.165) is 53.1 Å². The predicted octanol–water partition coefficient (Wildman–Crippen LogP) is 3.58. The number of hydrogen-bond acceptors (Lipinski definition) is 7. The van der Waals surface area contributed by atoms with Crippen LogP contribution in [0.1, 0.15) is 45.6 Å². The fourth-order valence-corrected chi connectivity index (χ4v) is 5.77. The van der Waals surface area contributed by atoms with Crippen molar-refractivity contribution in [2.75, 3.05) is 42.3 Å². The number of aryl methyl sites for hydroxylation is 1. The molecule has 1 fully saturated rings. The molecule has 0 radical (unpaired) electrons.